The molecule has 0 saturated heterocycles. The van der Waals surface area contributed by atoms with Crippen LogP contribution in [0.4, 0.5) is 5.69 Å². The molecular weight excluding hydrogens is 410 g/mol. The molecule has 0 aliphatic carbocycles. The first-order valence-corrected chi connectivity index (χ1v) is 11.2. The minimum atomic E-state index is -3.34. The average molecular weight is 436 g/mol. The zero-order chi connectivity index (χ0) is 22.3. The fraction of sp³-hybridized carbons (Fsp3) is 0.350. The van der Waals surface area contributed by atoms with E-state index < -0.39 is 15.8 Å². The molecule has 30 heavy (non-hydrogen) atoms. The lowest BCUT2D eigenvalue weighted by Gasteiger charge is -2.15. The van der Waals surface area contributed by atoms with Crippen LogP contribution in [0.1, 0.15) is 33.6 Å². The minimum Gasteiger partial charge on any atom is -0.489 e. The number of aliphatic carboxylic acids is 1. The van der Waals surface area contributed by atoms with Crippen LogP contribution < -0.4 is 14.9 Å². The standard InChI is InChI=1S/C20H25N3O6S/c1-5-6-17(20(24)25)23-22-16-9-7-14(11-18(16)28-13(2)3)29-19-10-8-15(12-21-19)30(4,26)27/h7-13,22H,5-6H2,1-4H3,(H,24,25). The maximum atomic E-state index is 11.5. The molecule has 0 unspecified atom stereocenters. The number of rotatable bonds is 10. The van der Waals surface area contributed by atoms with Gasteiger partial charge in [0, 0.05) is 24.6 Å². The van der Waals surface area contributed by atoms with Crippen LogP contribution in [0, 0.1) is 0 Å². The number of hydrazone groups is 1. The molecule has 0 aliphatic rings. The van der Waals surface area contributed by atoms with Crippen molar-refractivity contribution in [1.82, 2.24) is 4.98 Å². The predicted octanol–water partition coefficient (Wildman–Crippen LogP) is 3.72. The number of anilines is 1. The quantitative estimate of drug-likeness (QED) is 0.427. The molecule has 2 N–H and O–H groups in total. The van der Waals surface area contributed by atoms with Crippen molar-refractivity contribution in [3.05, 3.63) is 36.5 Å². The van der Waals surface area contributed by atoms with Crippen molar-refractivity contribution in [1.29, 1.82) is 0 Å². The molecule has 0 atom stereocenters. The second-order valence-corrected chi connectivity index (χ2v) is 8.77. The Bertz CT molecular complexity index is 1020. The van der Waals surface area contributed by atoms with Gasteiger partial charge in [-0.05, 0) is 38.5 Å². The Morgan fingerprint density at radius 2 is 2.00 bits per heavy atom. The van der Waals surface area contributed by atoms with Gasteiger partial charge in [0.1, 0.15) is 17.2 Å². The van der Waals surface area contributed by atoms with E-state index in [1.807, 2.05) is 20.8 Å². The van der Waals surface area contributed by atoms with Gasteiger partial charge in [0.05, 0.1) is 16.7 Å². The maximum absolute atomic E-state index is 11.5. The van der Waals surface area contributed by atoms with E-state index in [4.69, 9.17) is 9.47 Å². The highest BCUT2D eigenvalue weighted by atomic mass is 32.2. The van der Waals surface area contributed by atoms with Crippen molar-refractivity contribution in [2.24, 2.45) is 5.10 Å². The van der Waals surface area contributed by atoms with E-state index in [1.165, 1.54) is 18.3 Å². The van der Waals surface area contributed by atoms with E-state index in [0.717, 1.165) is 6.26 Å². The van der Waals surface area contributed by atoms with Gasteiger partial charge in [-0.3, -0.25) is 5.43 Å². The number of nitrogens with zero attached hydrogens (tertiary/aromatic N) is 2. The summed E-state index contributed by atoms with van der Waals surface area (Å²) in [5, 5.41) is 13.2. The zero-order valence-electron chi connectivity index (χ0n) is 17.2. The maximum Gasteiger partial charge on any atom is 0.352 e. The number of sulfone groups is 1. The molecule has 0 radical (unpaired) electrons. The van der Waals surface area contributed by atoms with Crippen LogP contribution in [0.3, 0.4) is 0 Å². The van der Waals surface area contributed by atoms with Gasteiger partial charge in [-0.15, -0.1) is 0 Å². The lowest BCUT2D eigenvalue weighted by molar-refractivity contribution is -0.129. The van der Waals surface area contributed by atoms with E-state index in [9.17, 15) is 18.3 Å². The fourth-order valence-electron chi connectivity index (χ4n) is 2.35. The van der Waals surface area contributed by atoms with E-state index in [0.29, 0.717) is 30.0 Å². The smallest absolute Gasteiger partial charge is 0.352 e. The number of pyridine rings is 1. The lowest BCUT2D eigenvalue weighted by atomic mass is 10.2. The number of benzene rings is 1. The number of aromatic nitrogens is 1. The van der Waals surface area contributed by atoms with Crippen molar-refractivity contribution in [2.75, 3.05) is 11.7 Å². The Labute approximate surface area is 175 Å². The summed E-state index contributed by atoms with van der Waals surface area (Å²) < 4.78 is 34.5. The van der Waals surface area contributed by atoms with Crippen molar-refractivity contribution in [3.63, 3.8) is 0 Å². The Balaban J connectivity index is 2.26. The number of hydrogen-bond donors (Lipinski definition) is 2. The Morgan fingerprint density at radius 1 is 1.27 bits per heavy atom. The van der Waals surface area contributed by atoms with Gasteiger partial charge < -0.3 is 14.6 Å². The van der Waals surface area contributed by atoms with Gasteiger partial charge in [0.25, 0.3) is 0 Å². The lowest BCUT2D eigenvalue weighted by Crippen LogP contribution is -2.15. The van der Waals surface area contributed by atoms with Crippen LogP contribution >= 0.6 is 0 Å². The molecule has 0 saturated carbocycles. The second kappa shape index (κ2) is 10.1. The Morgan fingerprint density at radius 3 is 2.53 bits per heavy atom. The summed E-state index contributed by atoms with van der Waals surface area (Å²) in [6.07, 6.45) is 3.16. The molecule has 0 aliphatic heterocycles. The monoisotopic (exact) mass is 435 g/mol. The van der Waals surface area contributed by atoms with E-state index in [1.54, 1.807) is 18.2 Å². The molecule has 1 heterocycles. The molecule has 2 aromatic rings. The third-order valence-corrected chi connectivity index (χ3v) is 4.82. The van der Waals surface area contributed by atoms with E-state index in [2.05, 4.69) is 15.5 Å². The molecule has 162 valence electrons. The largest absolute Gasteiger partial charge is 0.489 e. The average Bonchev–Trinajstić information content (AvgIpc) is 2.65. The topological polar surface area (TPSA) is 127 Å². The molecule has 0 spiro atoms. The summed E-state index contributed by atoms with van der Waals surface area (Å²) in [6, 6.07) is 7.77. The van der Waals surface area contributed by atoms with Gasteiger partial charge in [0.15, 0.2) is 9.84 Å². The molecule has 0 amide bonds. The third-order valence-electron chi connectivity index (χ3n) is 3.72. The first-order chi connectivity index (χ1) is 14.1. The zero-order valence-corrected chi connectivity index (χ0v) is 18.1. The number of carbonyl (C=O) groups is 1. The molecule has 1 aromatic heterocycles. The van der Waals surface area contributed by atoms with Crippen LogP contribution in [-0.4, -0.2) is 42.5 Å². The first kappa shape index (κ1) is 23.1. The molecule has 9 nitrogen and oxygen atoms in total. The van der Waals surface area contributed by atoms with E-state index in [-0.39, 0.29) is 22.6 Å². The summed E-state index contributed by atoms with van der Waals surface area (Å²) in [5.41, 5.74) is 3.24. The van der Waals surface area contributed by atoms with Gasteiger partial charge >= 0.3 is 5.97 Å². The highest BCUT2D eigenvalue weighted by Gasteiger charge is 2.13. The molecular formula is C20H25N3O6S. The van der Waals surface area contributed by atoms with Crippen molar-refractivity contribution >= 4 is 27.2 Å². The highest BCUT2D eigenvalue weighted by Crippen LogP contribution is 2.32. The summed E-state index contributed by atoms with van der Waals surface area (Å²) in [5.74, 6) is -0.0426. The number of ether oxygens (including phenoxy) is 2. The van der Waals surface area contributed by atoms with Crippen molar-refractivity contribution in [2.45, 2.75) is 44.6 Å². The third kappa shape index (κ3) is 6.73. The molecule has 10 heteroatoms. The van der Waals surface area contributed by atoms with E-state index >= 15 is 0 Å². The predicted molar refractivity (Wildman–Crippen MR) is 113 cm³/mol. The molecule has 0 fully saturated rings. The minimum absolute atomic E-state index is 0.0171. The van der Waals surface area contributed by atoms with Crippen molar-refractivity contribution in [3.8, 4) is 17.4 Å². The van der Waals surface area contributed by atoms with Crippen LogP contribution in [0.15, 0.2) is 46.5 Å². The number of carboxylic acids is 1. The normalized spacial score (nSPS) is 12.0. The number of nitrogens with one attached hydrogen (secondary N) is 1. The Hall–Kier alpha value is -3.14. The van der Waals surface area contributed by atoms with Gasteiger partial charge in [0.2, 0.25) is 5.88 Å². The summed E-state index contributed by atoms with van der Waals surface area (Å²) in [4.78, 5) is 15.4. The van der Waals surface area contributed by atoms with Crippen LogP contribution in [0.5, 0.6) is 17.4 Å². The highest BCUT2D eigenvalue weighted by molar-refractivity contribution is 7.90. The molecule has 1 aromatic carbocycles. The second-order valence-electron chi connectivity index (χ2n) is 6.76. The SMILES string of the molecule is CCCC(=NNc1ccc(Oc2ccc(S(C)(=O)=O)cn2)cc1OC(C)C)C(=O)O. The van der Waals surface area contributed by atoms with Gasteiger partial charge in [-0.25, -0.2) is 18.2 Å². The van der Waals surface area contributed by atoms with Crippen LogP contribution in [0.25, 0.3) is 0 Å². The number of carboxylic acid groups (broad SMARTS) is 1. The van der Waals surface area contributed by atoms with Gasteiger partial charge in [-0.2, -0.15) is 5.10 Å². The number of hydrogen-bond acceptors (Lipinski definition) is 8. The van der Waals surface area contributed by atoms with Crippen LogP contribution in [0.2, 0.25) is 0 Å². The summed E-state index contributed by atoms with van der Waals surface area (Å²) in [7, 11) is -3.34. The molecule has 0 bridgehead atoms. The van der Waals surface area contributed by atoms with Crippen molar-refractivity contribution < 1.29 is 27.8 Å². The fourth-order valence-corrected chi connectivity index (χ4v) is 2.91. The summed E-state index contributed by atoms with van der Waals surface area (Å²) >= 11 is 0. The molecule has 2 rings (SSSR count). The van der Waals surface area contributed by atoms with Crippen LogP contribution in [-0.2, 0) is 14.6 Å². The Kier molecular flexibility index (Phi) is 7.76. The first-order valence-electron chi connectivity index (χ1n) is 9.30. The summed E-state index contributed by atoms with van der Waals surface area (Å²) in [6.45, 7) is 5.58. The van der Waals surface area contributed by atoms with Gasteiger partial charge in [-0.1, -0.05) is 13.3 Å².